The summed E-state index contributed by atoms with van der Waals surface area (Å²) in [5.41, 5.74) is 1.36. The second-order valence-corrected chi connectivity index (χ2v) is 4.64. The molecule has 6 heteroatoms. The summed E-state index contributed by atoms with van der Waals surface area (Å²) in [5, 5.41) is 2.70. The maximum absolute atomic E-state index is 12.1. The van der Waals surface area contributed by atoms with Gasteiger partial charge in [0.15, 0.2) is 0 Å². The van der Waals surface area contributed by atoms with Gasteiger partial charge >= 0.3 is 11.9 Å². The monoisotopic (exact) mass is 313 g/mol. The van der Waals surface area contributed by atoms with Gasteiger partial charge in [-0.25, -0.2) is 4.79 Å². The van der Waals surface area contributed by atoms with E-state index < -0.39 is 11.9 Å². The summed E-state index contributed by atoms with van der Waals surface area (Å²) >= 11 is 0. The van der Waals surface area contributed by atoms with Crippen LogP contribution in [0.1, 0.15) is 27.6 Å². The van der Waals surface area contributed by atoms with Crippen LogP contribution < -0.4 is 10.1 Å². The Bertz CT molecular complexity index is 720. The Morgan fingerprint density at radius 1 is 0.870 bits per heavy atom. The quantitative estimate of drug-likeness (QED) is 0.693. The molecule has 6 nitrogen and oxygen atoms in total. The van der Waals surface area contributed by atoms with Crippen LogP contribution in [0.3, 0.4) is 0 Å². The van der Waals surface area contributed by atoms with Crippen LogP contribution in [0.15, 0.2) is 48.5 Å². The highest BCUT2D eigenvalue weighted by atomic mass is 16.5. The molecule has 118 valence electrons. The average molecular weight is 313 g/mol. The molecule has 2 aromatic carbocycles. The minimum absolute atomic E-state index is 0.315. The molecule has 0 aliphatic rings. The van der Waals surface area contributed by atoms with Gasteiger partial charge in [0.05, 0.1) is 12.7 Å². The molecule has 1 amide bonds. The first-order valence-corrected chi connectivity index (χ1v) is 6.78. The maximum atomic E-state index is 12.1. The number of hydrogen-bond acceptors (Lipinski definition) is 5. The summed E-state index contributed by atoms with van der Waals surface area (Å²) < 4.78 is 9.50. The SMILES string of the molecule is COC(=O)c1ccc(NC(=O)c2ccc(OC(C)=O)cc2)cc1. The van der Waals surface area contributed by atoms with Gasteiger partial charge in [0.2, 0.25) is 0 Å². The number of carbonyl (C=O) groups is 3. The Morgan fingerprint density at radius 3 is 1.96 bits per heavy atom. The van der Waals surface area contributed by atoms with E-state index in [9.17, 15) is 14.4 Å². The molecule has 0 aliphatic carbocycles. The molecule has 0 bridgehead atoms. The number of nitrogens with one attached hydrogen (secondary N) is 1. The summed E-state index contributed by atoms with van der Waals surface area (Å²) in [6.07, 6.45) is 0. The molecule has 0 aliphatic heterocycles. The van der Waals surface area contributed by atoms with Crippen molar-refractivity contribution in [1.82, 2.24) is 0 Å². The first-order chi connectivity index (χ1) is 11.0. The number of esters is 2. The standard InChI is InChI=1S/C17H15NO5/c1-11(19)23-15-9-5-12(6-10-15)16(20)18-14-7-3-13(4-8-14)17(21)22-2/h3-10H,1-2H3,(H,18,20). The second-order valence-electron chi connectivity index (χ2n) is 4.64. The number of benzene rings is 2. The van der Waals surface area contributed by atoms with E-state index in [0.717, 1.165) is 0 Å². The number of methoxy groups -OCH3 is 1. The smallest absolute Gasteiger partial charge is 0.337 e. The molecule has 0 atom stereocenters. The lowest BCUT2D eigenvalue weighted by Crippen LogP contribution is -2.12. The van der Waals surface area contributed by atoms with Crippen LogP contribution in [-0.2, 0) is 9.53 Å². The normalized spacial score (nSPS) is 9.83. The Morgan fingerprint density at radius 2 is 1.43 bits per heavy atom. The van der Waals surface area contributed by atoms with Crippen molar-refractivity contribution >= 4 is 23.5 Å². The largest absolute Gasteiger partial charge is 0.465 e. The Kier molecular flexibility index (Phi) is 5.09. The minimum Gasteiger partial charge on any atom is -0.465 e. The van der Waals surface area contributed by atoms with E-state index in [-0.39, 0.29) is 5.91 Å². The van der Waals surface area contributed by atoms with E-state index in [1.807, 2.05) is 0 Å². The van der Waals surface area contributed by atoms with E-state index in [1.54, 1.807) is 36.4 Å². The zero-order chi connectivity index (χ0) is 16.8. The zero-order valence-electron chi connectivity index (χ0n) is 12.7. The summed E-state index contributed by atoms with van der Waals surface area (Å²) in [6.45, 7) is 1.30. The fraction of sp³-hybridized carbons (Fsp3) is 0.118. The van der Waals surface area contributed by atoms with E-state index in [4.69, 9.17) is 4.74 Å². The van der Waals surface area contributed by atoms with Crippen LogP contribution in [-0.4, -0.2) is 25.0 Å². The Hall–Kier alpha value is -3.15. The number of anilines is 1. The maximum Gasteiger partial charge on any atom is 0.337 e. The highest BCUT2D eigenvalue weighted by molar-refractivity contribution is 6.04. The molecule has 0 spiro atoms. The molecule has 0 radical (unpaired) electrons. The predicted molar refractivity (Wildman–Crippen MR) is 83.5 cm³/mol. The van der Waals surface area contributed by atoms with Gasteiger partial charge in [-0.15, -0.1) is 0 Å². The highest BCUT2D eigenvalue weighted by Gasteiger charge is 2.08. The molecule has 0 heterocycles. The molecule has 0 saturated carbocycles. The number of hydrogen-bond donors (Lipinski definition) is 1. The molecule has 23 heavy (non-hydrogen) atoms. The van der Waals surface area contributed by atoms with Crippen molar-refractivity contribution in [3.8, 4) is 5.75 Å². The van der Waals surface area contributed by atoms with Gasteiger partial charge in [0, 0.05) is 18.2 Å². The van der Waals surface area contributed by atoms with Crippen molar-refractivity contribution in [3.63, 3.8) is 0 Å². The van der Waals surface area contributed by atoms with Crippen LogP contribution in [0.4, 0.5) is 5.69 Å². The predicted octanol–water partition coefficient (Wildman–Crippen LogP) is 2.65. The molecule has 0 fully saturated rings. The van der Waals surface area contributed by atoms with Crippen LogP contribution in [0, 0.1) is 0 Å². The van der Waals surface area contributed by atoms with Crippen LogP contribution >= 0.6 is 0 Å². The van der Waals surface area contributed by atoms with E-state index in [0.29, 0.717) is 22.6 Å². The first kappa shape index (κ1) is 16.2. The summed E-state index contributed by atoms with van der Waals surface area (Å²) in [5.74, 6) is -0.807. The van der Waals surface area contributed by atoms with Gasteiger partial charge in [-0.2, -0.15) is 0 Å². The molecular formula is C17H15NO5. The Labute approximate surface area is 133 Å². The third kappa shape index (κ3) is 4.41. The van der Waals surface area contributed by atoms with Gasteiger partial charge in [-0.05, 0) is 48.5 Å². The Balaban J connectivity index is 2.03. The lowest BCUT2D eigenvalue weighted by molar-refractivity contribution is -0.131. The molecule has 0 unspecified atom stereocenters. The highest BCUT2D eigenvalue weighted by Crippen LogP contribution is 2.15. The van der Waals surface area contributed by atoms with E-state index in [2.05, 4.69) is 10.1 Å². The zero-order valence-corrected chi connectivity index (χ0v) is 12.7. The van der Waals surface area contributed by atoms with Gasteiger partial charge in [0.25, 0.3) is 5.91 Å². The first-order valence-electron chi connectivity index (χ1n) is 6.78. The molecule has 0 aromatic heterocycles. The van der Waals surface area contributed by atoms with Gasteiger partial charge < -0.3 is 14.8 Å². The van der Waals surface area contributed by atoms with Crippen molar-refractivity contribution in [2.45, 2.75) is 6.92 Å². The third-order valence-electron chi connectivity index (χ3n) is 2.94. The number of amides is 1. The van der Waals surface area contributed by atoms with Crippen molar-refractivity contribution < 1.29 is 23.9 Å². The lowest BCUT2D eigenvalue weighted by atomic mass is 10.1. The molecular weight excluding hydrogens is 298 g/mol. The molecule has 0 saturated heterocycles. The van der Waals surface area contributed by atoms with Gasteiger partial charge in [-0.3, -0.25) is 9.59 Å². The lowest BCUT2D eigenvalue weighted by Gasteiger charge is -2.07. The molecule has 2 rings (SSSR count). The van der Waals surface area contributed by atoms with Crippen molar-refractivity contribution in [3.05, 3.63) is 59.7 Å². The summed E-state index contributed by atoms with van der Waals surface area (Å²) in [7, 11) is 1.30. The molecule has 2 aromatic rings. The van der Waals surface area contributed by atoms with Crippen LogP contribution in [0.2, 0.25) is 0 Å². The topological polar surface area (TPSA) is 81.7 Å². The number of rotatable bonds is 4. The average Bonchev–Trinajstić information content (AvgIpc) is 2.55. The number of carbonyl (C=O) groups excluding carboxylic acids is 3. The fourth-order valence-corrected chi connectivity index (χ4v) is 1.85. The van der Waals surface area contributed by atoms with Crippen LogP contribution in [0.25, 0.3) is 0 Å². The van der Waals surface area contributed by atoms with E-state index in [1.165, 1.54) is 26.2 Å². The van der Waals surface area contributed by atoms with Gasteiger partial charge in [0.1, 0.15) is 5.75 Å². The second kappa shape index (κ2) is 7.22. The van der Waals surface area contributed by atoms with Crippen molar-refractivity contribution in [2.24, 2.45) is 0 Å². The van der Waals surface area contributed by atoms with Gasteiger partial charge in [-0.1, -0.05) is 0 Å². The summed E-state index contributed by atoms with van der Waals surface area (Å²) in [6, 6.07) is 12.5. The number of ether oxygens (including phenoxy) is 2. The van der Waals surface area contributed by atoms with Crippen molar-refractivity contribution in [2.75, 3.05) is 12.4 Å². The minimum atomic E-state index is -0.441. The van der Waals surface area contributed by atoms with Crippen molar-refractivity contribution in [1.29, 1.82) is 0 Å². The summed E-state index contributed by atoms with van der Waals surface area (Å²) in [4.78, 5) is 34.3. The molecule has 1 N–H and O–H groups in total. The van der Waals surface area contributed by atoms with Crippen LogP contribution in [0.5, 0.6) is 5.75 Å². The third-order valence-corrected chi connectivity index (χ3v) is 2.94. The fourth-order valence-electron chi connectivity index (χ4n) is 1.85. The van der Waals surface area contributed by atoms with E-state index >= 15 is 0 Å².